The molecule has 1 aromatic heterocycles. The van der Waals surface area contributed by atoms with Gasteiger partial charge in [-0.1, -0.05) is 12.2 Å². The van der Waals surface area contributed by atoms with E-state index >= 15 is 0 Å². The lowest BCUT2D eigenvalue weighted by Crippen LogP contribution is -2.53. The van der Waals surface area contributed by atoms with Crippen molar-refractivity contribution in [3.8, 4) is 0 Å². The second kappa shape index (κ2) is 5.97. The molecule has 0 unspecified atom stereocenters. The maximum atomic E-state index is 12.8. The SMILES string of the molecule is Cc1nc(C(F)(F)F)ccc1C(O)=C1C(=O)C(C)(C)C(=O)C(C)(C)C1=S. The summed E-state index contributed by atoms with van der Waals surface area (Å²) in [5, 5.41) is 10.7. The molecular weight excluding hydrogens is 367 g/mol. The molecule has 1 heterocycles. The van der Waals surface area contributed by atoms with E-state index < -0.39 is 34.2 Å². The fraction of sp³-hybridized carbons (Fsp3) is 0.444. The lowest BCUT2D eigenvalue weighted by atomic mass is 9.61. The summed E-state index contributed by atoms with van der Waals surface area (Å²) < 4.78 is 38.3. The predicted octanol–water partition coefficient (Wildman–Crippen LogP) is 4.25. The van der Waals surface area contributed by atoms with Gasteiger partial charge >= 0.3 is 6.18 Å². The summed E-state index contributed by atoms with van der Waals surface area (Å²) in [6.45, 7) is 7.27. The number of carbonyl (C=O) groups excluding carboxylic acids is 2. The van der Waals surface area contributed by atoms with Crippen LogP contribution in [-0.4, -0.2) is 26.5 Å². The molecule has 1 aromatic rings. The molecule has 0 atom stereocenters. The third kappa shape index (κ3) is 2.96. The predicted molar refractivity (Wildman–Crippen MR) is 93.7 cm³/mol. The van der Waals surface area contributed by atoms with Crippen LogP contribution < -0.4 is 0 Å². The van der Waals surface area contributed by atoms with E-state index in [-0.39, 0.29) is 27.5 Å². The number of thiocarbonyl (C=S) groups is 1. The van der Waals surface area contributed by atoms with Crippen molar-refractivity contribution in [3.05, 3.63) is 34.7 Å². The molecule has 1 fully saturated rings. The van der Waals surface area contributed by atoms with Gasteiger partial charge in [-0.3, -0.25) is 9.59 Å². The third-order valence-corrected chi connectivity index (χ3v) is 5.31. The molecule has 0 saturated heterocycles. The van der Waals surface area contributed by atoms with E-state index in [4.69, 9.17) is 12.2 Å². The number of aliphatic hydroxyl groups is 1. The van der Waals surface area contributed by atoms with Gasteiger partial charge in [-0.25, -0.2) is 4.98 Å². The van der Waals surface area contributed by atoms with E-state index in [1.165, 1.54) is 20.8 Å². The number of aryl methyl sites for hydroxylation is 1. The Morgan fingerprint density at radius 2 is 1.65 bits per heavy atom. The van der Waals surface area contributed by atoms with E-state index in [1.807, 2.05) is 0 Å². The van der Waals surface area contributed by atoms with Crippen LogP contribution in [0, 0.1) is 17.8 Å². The Kier molecular flexibility index (Phi) is 4.65. The van der Waals surface area contributed by atoms with Crippen LogP contribution in [0.25, 0.3) is 5.76 Å². The van der Waals surface area contributed by atoms with Gasteiger partial charge in [-0.05, 0) is 46.8 Å². The van der Waals surface area contributed by atoms with Gasteiger partial charge < -0.3 is 5.11 Å². The Morgan fingerprint density at radius 3 is 2.12 bits per heavy atom. The van der Waals surface area contributed by atoms with Crippen molar-refractivity contribution in [3.63, 3.8) is 0 Å². The zero-order valence-corrected chi connectivity index (χ0v) is 15.7. The molecule has 1 saturated carbocycles. The van der Waals surface area contributed by atoms with Crippen LogP contribution in [0.4, 0.5) is 13.2 Å². The first-order valence-electron chi connectivity index (χ1n) is 7.76. The van der Waals surface area contributed by atoms with Crippen LogP contribution >= 0.6 is 12.2 Å². The molecule has 8 heteroatoms. The van der Waals surface area contributed by atoms with Gasteiger partial charge in [0, 0.05) is 16.1 Å². The smallest absolute Gasteiger partial charge is 0.433 e. The van der Waals surface area contributed by atoms with E-state index in [0.29, 0.717) is 0 Å². The molecule has 2 rings (SSSR count). The average molecular weight is 385 g/mol. The van der Waals surface area contributed by atoms with Gasteiger partial charge in [0.25, 0.3) is 0 Å². The van der Waals surface area contributed by atoms with Crippen LogP contribution in [0.3, 0.4) is 0 Å². The van der Waals surface area contributed by atoms with Crippen molar-refractivity contribution in [2.75, 3.05) is 0 Å². The van der Waals surface area contributed by atoms with Crippen molar-refractivity contribution in [1.29, 1.82) is 0 Å². The number of carbonyl (C=O) groups is 2. The van der Waals surface area contributed by atoms with Crippen molar-refractivity contribution < 1.29 is 27.9 Å². The van der Waals surface area contributed by atoms with E-state index in [1.54, 1.807) is 13.8 Å². The largest absolute Gasteiger partial charge is 0.506 e. The highest BCUT2D eigenvalue weighted by molar-refractivity contribution is 7.81. The molecule has 0 radical (unpaired) electrons. The number of Topliss-reactive ketones (excluding diaryl/α,β-unsaturated/α-hetero) is 2. The second-order valence-electron chi connectivity index (χ2n) is 7.29. The summed E-state index contributed by atoms with van der Waals surface area (Å²) in [6, 6.07) is 1.76. The number of pyridine rings is 1. The number of aliphatic hydroxyl groups excluding tert-OH is 1. The summed E-state index contributed by atoms with van der Waals surface area (Å²) >= 11 is 5.26. The number of rotatable bonds is 1. The first kappa shape index (κ1) is 20.2. The highest BCUT2D eigenvalue weighted by Crippen LogP contribution is 2.43. The molecule has 1 N–H and O–H groups in total. The molecule has 0 spiro atoms. The van der Waals surface area contributed by atoms with Crippen LogP contribution in [0.5, 0.6) is 0 Å². The maximum Gasteiger partial charge on any atom is 0.433 e. The minimum Gasteiger partial charge on any atom is -0.506 e. The molecule has 1 aliphatic rings. The lowest BCUT2D eigenvalue weighted by Gasteiger charge is -2.39. The van der Waals surface area contributed by atoms with Crippen molar-refractivity contribution >= 4 is 34.4 Å². The van der Waals surface area contributed by atoms with Crippen LogP contribution in [-0.2, 0) is 15.8 Å². The van der Waals surface area contributed by atoms with Gasteiger partial charge in [-0.2, -0.15) is 13.2 Å². The zero-order chi connectivity index (χ0) is 20.2. The third-order valence-electron chi connectivity index (χ3n) is 4.59. The summed E-state index contributed by atoms with van der Waals surface area (Å²) in [6.07, 6.45) is -4.63. The Bertz CT molecular complexity index is 835. The van der Waals surface area contributed by atoms with E-state index in [9.17, 15) is 27.9 Å². The molecule has 0 aromatic carbocycles. The first-order valence-corrected chi connectivity index (χ1v) is 8.17. The lowest BCUT2D eigenvalue weighted by molar-refractivity contribution is -0.142. The Labute approximate surface area is 154 Å². The van der Waals surface area contributed by atoms with Gasteiger partial charge in [0.1, 0.15) is 11.5 Å². The van der Waals surface area contributed by atoms with Gasteiger partial charge in [-0.15, -0.1) is 0 Å². The zero-order valence-electron chi connectivity index (χ0n) is 14.9. The Hall–Kier alpha value is -2.09. The number of allylic oxidation sites excluding steroid dienone is 1. The minimum absolute atomic E-state index is 0.0374. The average Bonchev–Trinajstić information content (AvgIpc) is 2.51. The van der Waals surface area contributed by atoms with Gasteiger partial charge in [0.2, 0.25) is 0 Å². The van der Waals surface area contributed by atoms with E-state index in [2.05, 4.69) is 4.98 Å². The molecule has 0 bridgehead atoms. The summed E-state index contributed by atoms with van der Waals surface area (Å²) in [5.41, 5.74) is -4.06. The molecule has 1 aliphatic carbocycles. The number of alkyl halides is 3. The minimum atomic E-state index is -4.63. The number of hydrogen-bond donors (Lipinski definition) is 1. The van der Waals surface area contributed by atoms with Crippen LogP contribution in [0.1, 0.15) is 44.6 Å². The standard InChI is InChI=1S/C18H18F3NO3S/c1-8-9(6-7-10(22-8)18(19,20)21)12(23)11-13(24)16(2,3)15(25)17(4,5)14(11)26/h6-7,23H,1-5H3. The normalized spacial score (nSPS) is 21.8. The second-order valence-corrected chi connectivity index (χ2v) is 7.70. The number of halogens is 3. The molecule has 0 amide bonds. The van der Waals surface area contributed by atoms with Crippen LogP contribution in [0.2, 0.25) is 0 Å². The number of nitrogens with zero attached hydrogens (tertiary/aromatic N) is 1. The summed E-state index contributed by atoms with van der Waals surface area (Å²) in [4.78, 5) is 28.8. The summed E-state index contributed by atoms with van der Waals surface area (Å²) in [7, 11) is 0. The number of hydrogen-bond acceptors (Lipinski definition) is 5. The highest BCUT2D eigenvalue weighted by atomic mass is 32.1. The fourth-order valence-electron chi connectivity index (χ4n) is 3.03. The fourth-order valence-corrected chi connectivity index (χ4v) is 3.32. The monoisotopic (exact) mass is 385 g/mol. The number of aromatic nitrogens is 1. The highest BCUT2D eigenvalue weighted by Gasteiger charge is 2.54. The van der Waals surface area contributed by atoms with Crippen molar-refractivity contribution in [2.45, 2.75) is 40.8 Å². The van der Waals surface area contributed by atoms with Gasteiger partial charge in [0.15, 0.2) is 11.6 Å². The van der Waals surface area contributed by atoms with Crippen LogP contribution in [0.15, 0.2) is 17.7 Å². The molecule has 26 heavy (non-hydrogen) atoms. The topological polar surface area (TPSA) is 67.3 Å². The van der Waals surface area contributed by atoms with Gasteiger partial charge in [0.05, 0.1) is 16.4 Å². The quantitative estimate of drug-likeness (QED) is 0.339. The van der Waals surface area contributed by atoms with Crippen molar-refractivity contribution in [2.24, 2.45) is 10.8 Å². The Morgan fingerprint density at radius 1 is 1.12 bits per heavy atom. The first-order chi connectivity index (χ1) is 11.6. The number of ketones is 2. The molecular formula is C18H18F3NO3S. The van der Waals surface area contributed by atoms with Crippen molar-refractivity contribution in [1.82, 2.24) is 4.98 Å². The Balaban J connectivity index is 2.70. The molecule has 4 nitrogen and oxygen atoms in total. The molecule has 0 aliphatic heterocycles. The van der Waals surface area contributed by atoms with E-state index in [0.717, 1.165) is 12.1 Å². The summed E-state index contributed by atoms with van der Waals surface area (Å²) in [5.74, 6) is -1.60. The molecule has 140 valence electrons. The maximum absolute atomic E-state index is 12.8.